The number of benzene rings is 1. The van der Waals surface area contributed by atoms with Gasteiger partial charge in [-0.1, -0.05) is 0 Å². The van der Waals surface area contributed by atoms with Gasteiger partial charge in [0.2, 0.25) is 15.9 Å². The first-order chi connectivity index (χ1) is 9.45. The minimum absolute atomic E-state index is 0.0740. The van der Waals surface area contributed by atoms with Crippen LogP contribution in [0.4, 0.5) is 5.69 Å². The number of hydrogen-bond donors (Lipinski definition) is 3. The highest BCUT2D eigenvalue weighted by molar-refractivity contribution is 7.89. The smallest absolute Gasteiger partial charge is 0.243 e. The average Bonchev–Trinajstić information content (AvgIpc) is 2.39. The fourth-order valence-electron chi connectivity index (χ4n) is 1.46. The second-order valence-electron chi connectivity index (χ2n) is 3.97. The van der Waals surface area contributed by atoms with E-state index in [0.717, 1.165) is 12.2 Å². The Morgan fingerprint density at radius 3 is 2.50 bits per heavy atom. The maximum atomic E-state index is 11.9. The number of hydrogen-bond acceptors (Lipinski definition) is 5. The maximum Gasteiger partial charge on any atom is 0.243 e. The predicted octanol–water partition coefficient (Wildman–Crippen LogP) is -0.101. The van der Waals surface area contributed by atoms with Crippen LogP contribution in [-0.2, 0) is 19.6 Å². The van der Waals surface area contributed by atoms with E-state index in [2.05, 4.69) is 10.0 Å². The highest BCUT2D eigenvalue weighted by Gasteiger charge is 2.12. The van der Waals surface area contributed by atoms with Crippen LogP contribution in [0.5, 0.6) is 0 Å². The summed E-state index contributed by atoms with van der Waals surface area (Å²) < 4.78 is 31.1. The lowest BCUT2D eigenvalue weighted by Gasteiger charge is -2.08. The Bertz CT molecular complexity index is 528. The highest BCUT2D eigenvalue weighted by atomic mass is 32.2. The number of sulfonamides is 1. The number of carbonyl (C=O) groups is 1. The first-order valence-corrected chi connectivity index (χ1v) is 7.63. The van der Waals surface area contributed by atoms with Crippen LogP contribution in [0.3, 0.4) is 0 Å². The van der Waals surface area contributed by atoms with Crippen molar-refractivity contribution < 1.29 is 17.9 Å². The van der Waals surface area contributed by atoms with Gasteiger partial charge in [0, 0.05) is 18.8 Å². The van der Waals surface area contributed by atoms with Gasteiger partial charge in [-0.25, -0.2) is 13.1 Å². The molecule has 0 fully saturated rings. The maximum absolute atomic E-state index is 11.9. The van der Waals surface area contributed by atoms with Gasteiger partial charge in [0.15, 0.2) is 0 Å². The van der Waals surface area contributed by atoms with E-state index in [1.165, 1.54) is 12.1 Å². The zero-order chi connectivity index (χ0) is 15.0. The summed E-state index contributed by atoms with van der Waals surface area (Å²) in [4.78, 5) is 10.6. The largest absolute Gasteiger partial charge is 0.385 e. The van der Waals surface area contributed by atoms with Crippen LogP contribution in [0, 0.1) is 0 Å². The fourth-order valence-corrected chi connectivity index (χ4v) is 2.47. The molecule has 0 saturated carbocycles. The normalized spacial score (nSPS) is 11.2. The molecule has 0 aliphatic carbocycles. The number of anilines is 1. The second-order valence-corrected chi connectivity index (χ2v) is 5.74. The van der Waals surface area contributed by atoms with Crippen molar-refractivity contribution in [1.82, 2.24) is 4.72 Å². The van der Waals surface area contributed by atoms with Gasteiger partial charge in [-0.3, -0.25) is 4.79 Å². The quantitative estimate of drug-likeness (QED) is 0.552. The number of amides is 1. The Kier molecular flexibility index (Phi) is 6.43. The molecule has 1 aromatic rings. The third-order valence-corrected chi connectivity index (χ3v) is 3.81. The molecule has 0 heterocycles. The summed E-state index contributed by atoms with van der Waals surface area (Å²) in [6.45, 7) is 2.65. The molecular weight excluding hydrogens is 282 g/mol. The number of rotatable bonds is 9. The van der Waals surface area contributed by atoms with Gasteiger partial charge in [0.1, 0.15) is 6.61 Å². The van der Waals surface area contributed by atoms with Crippen LogP contribution >= 0.6 is 0 Å². The Labute approximate surface area is 118 Å². The first kappa shape index (κ1) is 16.4. The summed E-state index contributed by atoms with van der Waals surface area (Å²) in [5.74, 6) is -0.591. The molecular formula is C12H19N3O4S. The molecule has 0 radical (unpaired) electrons. The lowest BCUT2D eigenvalue weighted by molar-refractivity contribution is -0.122. The summed E-state index contributed by atoms with van der Waals surface area (Å²) in [5, 5.41) is 3.08. The van der Waals surface area contributed by atoms with Crippen LogP contribution in [0.25, 0.3) is 0 Å². The molecule has 0 spiro atoms. The van der Waals surface area contributed by atoms with E-state index in [1.807, 2.05) is 6.92 Å². The average molecular weight is 301 g/mol. The standard InChI is InChI=1S/C12H19N3O4S/c1-2-14-10-3-5-11(6-4-10)20(17,18)15-7-8-19-9-12(13)16/h3-6,14-15H,2,7-9H2,1H3,(H2,13,16). The topological polar surface area (TPSA) is 111 Å². The van der Waals surface area contributed by atoms with Crippen molar-refractivity contribution in [2.45, 2.75) is 11.8 Å². The van der Waals surface area contributed by atoms with E-state index in [-0.39, 0.29) is 24.7 Å². The predicted molar refractivity (Wildman–Crippen MR) is 75.8 cm³/mol. The summed E-state index contributed by atoms with van der Waals surface area (Å²) in [6, 6.07) is 6.43. The van der Waals surface area contributed by atoms with Gasteiger partial charge in [-0.2, -0.15) is 0 Å². The third-order valence-electron chi connectivity index (χ3n) is 2.33. The molecule has 112 valence electrons. The summed E-state index contributed by atoms with van der Waals surface area (Å²) >= 11 is 0. The zero-order valence-electron chi connectivity index (χ0n) is 11.3. The van der Waals surface area contributed by atoms with Gasteiger partial charge >= 0.3 is 0 Å². The number of carbonyl (C=O) groups excluding carboxylic acids is 1. The molecule has 0 aliphatic heterocycles. The van der Waals surface area contributed by atoms with Crippen molar-refractivity contribution in [1.29, 1.82) is 0 Å². The lowest BCUT2D eigenvalue weighted by atomic mass is 10.3. The van der Waals surface area contributed by atoms with E-state index in [4.69, 9.17) is 10.5 Å². The number of ether oxygens (including phenoxy) is 1. The molecule has 8 heteroatoms. The third kappa shape index (κ3) is 5.55. The monoisotopic (exact) mass is 301 g/mol. The number of nitrogens with one attached hydrogen (secondary N) is 2. The minimum Gasteiger partial charge on any atom is -0.385 e. The van der Waals surface area contributed by atoms with Crippen LogP contribution in [0.2, 0.25) is 0 Å². The molecule has 1 amide bonds. The van der Waals surface area contributed by atoms with Crippen LogP contribution < -0.4 is 15.8 Å². The van der Waals surface area contributed by atoms with E-state index in [9.17, 15) is 13.2 Å². The number of primary amides is 1. The van der Waals surface area contributed by atoms with Crippen LogP contribution in [-0.4, -0.2) is 40.6 Å². The lowest BCUT2D eigenvalue weighted by Crippen LogP contribution is -2.29. The minimum atomic E-state index is -3.57. The van der Waals surface area contributed by atoms with Crippen LogP contribution in [0.1, 0.15) is 6.92 Å². The van der Waals surface area contributed by atoms with Gasteiger partial charge in [-0.15, -0.1) is 0 Å². The Morgan fingerprint density at radius 2 is 1.95 bits per heavy atom. The molecule has 1 aromatic carbocycles. The Hall–Kier alpha value is -1.64. The molecule has 7 nitrogen and oxygen atoms in total. The SMILES string of the molecule is CCNc1ccc(S(=O)(=O)NCCOCC(N)=O)cc1. The molecule has 0 aromatic heterocycles. The molecule has 0 bridgehead atoms. The first-order valence-electron chi connectivity index (χ1n) is 6.15. The van der Waals surface area contributed by atoms with Gasteiger partial charge < -0.3 is 15.8 Å². The van der Waals surface area contributed by atoms with E-state index >= 15 is 0 Å². The highest BCUT2D eigenvalue weighted by Crippen LogP contribution is 2.13. The Balaban J connectivity index is 2.49. The van der Waals surface area contributed by atoms with Crippen molar-refractivity contribution in [3.05, 3.63) is 24.3 Å². The van der Waals surface area contributed by atoms with Crippen molar-refractivity contribution in [3.63, 3.8) is 0 Å². The second kappa shape index (κ2) is 7.83. The fraction of sp³-hybridized carbons (Fsp3) is 0.417. The molecule has 0 aliphatic rings. The van der Waals surface area contributed by atoms with E-state index in [0.29, 0.717) is 0 Å². The van der Waals surface area contributed by atoms with Gasteiger partial charge in [-0.05, 0) is 31.2 Å². The summed E-state index contributed by atoms with van der Waals surface area (Å²) in [7, 11) is -3.57. The van der Waals surface area contributed by atoms with Gasteiger partial charge in [0.25, 0.3) is 0 Å². The molecule has 0 saturated heterocycles. The van der Waals surface area contributed by atoms with E-state index in [1.54, 1.807) is 12.1 Å². The Morgan fingerprint density at radius 1 is 1.30 bits per heavy atom. The molecule has 20 heavy (non-hydrogen) atoms. The van der Waals surface area contributed by atoms with Crippen molar-refractivity contribution >= 4 is 21.6 Å². The van der Waals surface area contributed by atoms with Crippen LogP contribution in [0.15, 0.2) is 29.2 Å². The zero-order valence-corrected chi connectivity index (χ0v) is 12.1. The van der Waals surface area contributed by atoms with Crippen molar-refractivity contribution in [3.8, 4) is 0 Å². The van der Waals surface area contributed by atoms with Crippen molar-refractivity contribution in [2.24, 2.45) is 5.73 Å². The molecule has 0 atom stereocenters. The molecule has 1 rings (SSSR count). The van der Waals surface area contributed by atoms with Gasteiger partial charge in [0.05, 0.1) is 11.5 Å². The van der Waals surface area contributed by atoms with Crippen molar-refractivity contribution in [2.75, 3.05) is 31.6 Å². The number of nitrogens with two attached hydrogens (primary N) is 1. The molecule has 4 N–H and O–H groups in total. The molecule has 0 unspecified atom stereocenters. The van der Waals surface area contributed by atoms with E-state index < -0.39 is 15.9 Å². The summed E-state index contributed by atoms with van der Waals surface area (Å²) in [5.41, 5.74) is 5.74. The summed E-state index contributed by atoms with van der Waals surface area (Å²) in [6.07, 6.45) is 0.